The highest BCUT2D eigenvalue weighted by Gasteiger charge is 2.29. The molecule has 9 nitrogen and oxygen atoms in total. The van der Waals surface area contributed by atoms with Gasteiger partial charge >= 0.3 is 0 Å². The SMILES string of the molecule is CCN(CC)C(=O)C1CCCN(c2cc(NCCCN3CCCC3=O)nc(N)n2)C1. The highest BCUT2D eigenvalue weighted by Crippen LogP contribution is 2.25. The van der Waals surface area contributed by atoms with E-state index in [4.69, 9.17) is 5.73 Å². The van der Waals surface area contributed by atoms with E-state index in [-0.39, 0.29) is 23.7 Å². The number of likely N-dealkylation sites (tertiary alicyclic amines) is 1. The van der Waals surface area contributed by atoms with E-state index in [0.717, 1.165) is 64.2 Å². The van der Waals surface area contributed by atoms with Crippen LogP contribution in [-0.2, 0) is 9.59 Å². The van der Waals surface area contributed by atoms with Gasteiger partial charge < -0.3 is 25.8 Å². The summed E-state index contributed by atoms with van der Waals surface area (Å²) < 4.78 is 0. The number of piperidine rings is 1. The molecule has 0 aromatic carbocycles. The normalized spacial score (nSPS) is 19.3. The van der Waals surface area contributed by atoms with Gasteiger partial charge in [0.2, 0.25) is 17.8 Å². The van der Waals surface area contributed by atoms with Gasteiger partial charge in [-0.05, 0) is 39.5 Å². The van der Waals surface area contributed by atoms with Gasteiger partial charge in [0.25, 0.3) is 0 Å². The van der Waals surface area contributed by atoms with Crippen molar-refractivity contribution in [3.05, 3.63) is 6.07 Å². The number of nitrogens with zero attached hydrogens (tertiary/aromatic N) is 5. The number of amides is 2. The van der Waals surface area contributed by atoms with Gasteiger partial charge in [-0.15, -0.1) is 0 Å². The van der Waals surface area contributed by atoms with Crippen molar-refractivity contribution in [1.29, 1.82) is 0 Å². The molecule has 0 saturated carbocycles. The summed E-state index contributed by atoms with van der Waals surface area (Å²) in [5.74, 6) is 2.13. The molecule has 0 spiro atoms. The molecule has 166 valence electrons. The molecule has 1 unspecified atom stereocenters. The first-order chi connectivity index (χ1) is 14.5. The van der Waals surface area contributed by atoms with Crippen LogP contribution in [0.4, 0.5) is 17.6 Å². The number of carbonyl (C=O) groups excluding carboxylic acids is 2. The molecule has 0 radical (unpaired) electrons. The zero-order chi connectivity index (χ0) is 21.5. The van der Waals surface area contributed by atoms with E-state index in [2.05, 4.69) is 20.2 Å². The fraction of sp³-hybridized carbons (Fsp3) is 0.714. The molecule has 2 aliphatic heterocycles. The third kappa shape index (κ3) is 5.52. The Morgan fingerprint density at radius 1 is 1.27 bits per heavy atom. The lowest BCUT2D eigenvalue weighted by molar-refractivity contribution is -0.135. The maximum Gasteiger partial charge on any atom is 0.227 e. The molecule has 2 amide bonds. The second-order valence-corrected chi connectivity index (χ2v) is 8.03. The molecule has 0 aliphatic carbocycles. The van der Waals surface area contributed by atoms with Crippen LogP contribution in [0.1, 0.15) is 46.0 Å². The first-order valence-electron chi connectivity index (χ1n) is 11.2. The van der Waals surface area contributed by atoms with Crippen molar-refractivity contribution in [2.75, 3.05) is 61.8 Å². The zero-order valence-corrected chi connectivity index (χ0v) is 18.3. The molecule has 1 aromatic rings. The van der Waals surface area contributed by atoms with Crippen molar-refractivity contribution < 1.29 is 9.59 Å². The van der Waals surface area contributed by atoms with Crippen LogP contribution in [0, 0.1) is 5.92 Å². The number of nitrogen functional groups attached to an aromatic ring is 1. The van der Waals surface area contributed by atoms with E-state index < -0.39 is 0 Å². The molecule has 2 saturated heterocycles. The number of rotatable bonds is 9. The Morgan fingerprint density at radius 3 is 2.77 bits per heavy atom. The quantitative estimate of drug-likeness (QED) is 0.587. The molecule has 1 atom stereocenters. The number of carbonyl (C=O) groups is 2. The first-order valence-corrected chi connectivity index (χ1v) is 11.2. The third-order valence-corrected chi connectivity index (χ3v) is 5.98. The molecule has 3 rings (SSSR count). The zero-order valence-electron chi connectivity index (χ0n) is 18.3. The lowest BCUT2D eigenvalue weighted by atomic mass is 9.96. The highest BCUT2D eigenvalue weighted by molar-refractivity contribution is 5.80. The van der Waals surface area contributed by atoms with Crippen molar-refractivity contribution >= 4 is 29.4 Å². The van der Waals surface area contributed by atoms with Gasteiger partial charge in [0.05, 0.1) is 5.92 Å². The second kappa shape index (κ2) is 10.4. The lowest BCUT2D eigenvalue weighted by Gasteiger charge is -2.35. The van der Waals surface area contributed by atoms with E-state index in [9.17, 15) is 9.59 Å². The Balaban J connectivity index is 1.57. The van der Waals surface area contributed by atoms with E-state index in [1.807, 2.05) is 29.7 Å². The van der Waals surface area contributed by atoms with E-state index in [1.54, 1.807) is 0 Å². The molecule has 1 aromatic heterocycles. The fourth-order valence-corrected chi connectivity index (χ4v) is 4.31. The van der Waals surface area contributed by atoms with E-state index in [0.29, 0.717) is 25.3 Å². The van der Waals surface area contributed by atoms with E-state index in [1.165, 1.54) is 0 Å². The van der Waals surface area contributed by atoms with Crippen LogP contribution in [0.5, 0.6) is 0 Å². The van der Waals surface area contributed by atoms with Crippen molar-refractivity contribution in [2.45, 2.75) is 46.0 Å². The smallest absolute Gasteiger partial charge is 0.227 e. The summed E-state index contributed by atoms with van der Waals surface area (Å²) in [5.41, 5.74) is 5.96. The van der Waals surface area contributed by atoms with Crippen LogP contribution in [0.2, 0.25) is 0 Å². The van der Waals surface area contributed by atoms with Gasteiger partial charge in [0.1, 0.15) is 11.6 Å². The molecule has 30 heavy (non-hydrogen) atoms. The maximum atomic E-state index is 12.8. The number of nitrogens with two attached hydrogens (primary N) is 1. The molecule has 0 bridgehead atoms. The third-order valence-electron chi connectivity index (χ3n) is 5.98. The minimum absolute atomic E-state index is 0.00996. The van der Waals surface area contributed by atoms with E-state index >= 15 is 0 Å². The summed E-state index contributed by atoms with van der Waals surface area (Å²) in [6, 6.07) is 1.90. The summed E-state index contributed by atoms with van der Waals surface area (Å²) in [7, 11) is 0. The largest absolute Gasteiger partial charge is 0.370 e. The van der Waals surface area contributed by atoms with Gasteiger partial charge in [-0.3, -0.25) is 9.59 Å². The van der Waals surface area contributed by atoms with Crippen LogP contribution in [-0.4, -0.2) is 77.4 Å². The molecular weight excluding hydrogens is 382 g/mol. The van der Waals surface area contributed by atoms with Gasteiger partial charge in [-0.2, -0.15) is 9.97 Å². The van der Waals surface area contributed by atoms with Crippen LogP contribution in [0.15, 0.2) is 6.07 Å². The summed E-state index contributed by atoms with van der Waals surface area (Å²) in [5, 5.41) is 3.30. The molecule has 2 fully saturated rings. The maximum absolute atomic E-state index is 12.8. The molecule has 2 aliphatic rings. The standard InChI is InChI=1S/C21H35N7O2/c1-3-26(4-2)20(30)16-8-5-12-28(15-16)18-14-17(24-21(22)25-18)23-10-7-13-27-11-6-9-19(27)29/h14,16H,3-13,15H2,1-2H3,(H3,22,23,24,25). The fourth-order valence-electron chi connectivity index (χ4n) is 4.31. The van der Waals surface area contributed by atoms with Crippen LogP contribution in [0.3, 0.4) is 0 Å². The van der Waals surface area contributed by atoms with Crippen molar-refractivity contribution in [1.82, 2.24) is 19.8 Å². The Bertz CT molecular complexity index is 738. The minimum atomic E-state index is -0.00996. The second-order valence-electron chi connectivity index (χ2n) is 8.03. The van der Waals surface area contributed by atoms with Gasteiger partial charge in [0.15, 0.2) is 0 Å². The van der Waals surface area contributed by atoms with Crippen LogP contribution >= 0.6 is 0 Å². The monoisotopic (exact) mass is 417 g/mol. The predicted octanol–water partition coefficient (Wildman–Crippen LogP) is 1.57. The summed E-state index contributed by atoms with van der Waals surface area (Å²) in [6.07, 6.45) is 4.36. The lowest BCUT2D eigenvalue weighted by Crippen LogP contribution is -2.45. The van der Waals surface area contributed by atoms with Crippen molar-refractivity contribution in [3.63, 3.8) is 0 Å². The highest BCUT2D eigenvalue weighted by atomic mass is 16.2. The molecule has 9 heteroatoms. The Labute approximate surface area is 179 Å². The van der Waals surface area contributed by atoms with Crippen LogP contribution < -0.4 is 16.0 Å². The minimum Gasteiger partial charge on any atom is -0.370 e. The van der Waals surface area contributed by atoms with Crippen LogP contribution in [0.25, 0.3) is 0 Å². The molecular formula is C21H35N7O2. The number of aromatic nitrogens is 2. The summed E-state index contributed by atoms with van der Waals surface area (Å²) in [6.45, 7) is 9.37. The van der Waals surface area contributed by atoms with Crippen molar-refractivity contribution in [2.24, 2.45) is 5.92 Å². The average molecular weight is 418 g/mol. The van der Waals surface area contributed by atoms with Gasteiger partial charge in [-0.25, -0.2) is 0 Å². The average Bonchev–Trinajstić information content (AvgIpc) is 3.16. The van der Waals surface area contributed by atoms with Gasteiger partial charge in [-0.1, -0.05) is 0 Å². The molecule has 3 N–H and O–H groups in total. The number of nitrogens with one attached hydrogen (secondary N) is 1. The van der Waals surface area contributed by atoms with Gasteiger partial charge in [0, 0.05) is 58.3 Å². The summed E-state index contributed by atoms with van der Waals surface area (Å²) in [4.78, 5) is 39.1. The topological polar surface area (TPSA) is 108 Å². The summed E-state index contributed by atoms with van der Waals surface area (Å²) >= 11 is 0. The number of anilines is 3. The number of hydrogen-bond acceptors (Lipinski definition) is 7. The number of hydrogen-bond donors (Lipinski definition) is 2. The Kier molecular flexibility index (Phi) is 7.70. The molecule has 3 heterocycles. The Hall–Kier alpha value is -2.58. The Morgan fingerprint density at radius 2 is 2.07 bits per heavy atom. The predicted molar refractivity (Wildman–Crippen MR) is 118 cm³/mol. The van der Waals surface area contributed by atoms with Crippen molar-refractivity contribution in [3.8, 4) is 0 Å². The first kappa shape index (κ1) is 22.1.